The van der Waals surface area contributed by atoms with Gasteiger partial charge in [0.1, 0.15) is 11.5 Å². The van der Waals surface area contributed by atoms with Crippen LogP contribution in [0.5, 0.6) is 0 Å². The Labute approximate surface area is 181 Å². The quantitative estimate of drug-likeness (QED) is 0.497. The third-order valence-corrected chi connectivity index (χ3v) is 6.11. The van der Waals surface area contributed by atoms with Gasteiger partial charge in [0, 0.05) is 60.5 Å². The number of aromatic nitrogens is 4. The number of nitrogens with zero attached hydrogens (tertiary/aromatic N) is 5. The Kier molecular flexibility index (Phi) is 5.81. The standard InChI is InChI=1S/C22H28ClN7/c1-5-17-11-16(14(3)26-17)12-24-15(4)29-7-9-30(10-8-29)22-25-13-18-20(23)19(6-2)27-21(18)28-22/h11-13,26H,3,5-10H2,1-2,4H3,(H,25,27,28)/b16-12-,24-15?. The average molecular weight is 426 g/mol. The minimum Gasteiger partial charge on any atom is -0.359 e. The summed E-state index contributed by atoms with van der Waals surface area (Å²) in [5.74, 6) is 1.75. The third-order valence-electron chi connectivity index (χ3n) is 5.68. The van der Waals surface area contributed by atoms with E-state index in [1.165, 1.54) is 5.69 Å². The van der Waals surface area contributed by atoms with Crippen LogP contribution >= 0.6 is 11.6 Å². The van der Waals surface area contributed by atoms with Crippen molar-refractivity contribution in [2.45, 2.75) is 33.6 Å². The second kappa shape index (κ2) is 8.52. The van der Waals surface area contributed by atoms with Crippen LogP contribution in [0.4, 0.5) is 5.95 Å². The van der Waals surface area contributed by atoms with Crippen molar-refractivity contribution in [3.63, 3.8) is 0 Å². The van der Waals surface area contributed by atoms with E-state index in [2.05, 4.69) is 63.2 Å². The molecule has 1 saturated heterocycles. The van der Waals surface area contributed by atoms with Crippen molar-refractivity contribution in [1.82, 2.24) is 24.8 Å². The van der Waals surface area contributed by atoms with Gasteiger partial charge in [0.15, 0.2) is 0 Å². The number of H-pyrrole nitrogens is 2. The predicted octanol–water partition coefficient (Wildman–Crippen LogP) is 2.45. The first-order valence-corrected chi connectivity index (χ1v) is 10.8. The molecule has 4 rings (SSSR count). The fourth-order valence-corrected chi connectivity index (χ4v) is 4.06. The van der Waals surface area contributed by atoms with Gasteiger partial charge in [-0.3, -0.25) is 0 Å². The van der Waals surface area contributed by atoms with Gasteiger partial charge in [0.05, 0.1) is 10.4 Å². The maximum absolute atomic E-state index is 6.39. The largest absolute Gasteiger partial charge is 0.359 e. The minimum absolute atomic E-state index is 0.728. The van der Waals surface area contributed by atoms with Crippen LogP contribution in [-0.2, 0) is 12.8 Å². The predicted molar refractivity (Wildman–Crippen MR) is 125 cm³/mol. The smallest absolute Gasteiger partial charge is 0.227 e. The lowest BCUT2D eigenvalue weighted by molar-refractivity contribution is 0.381. The molecule has 1 aliphatic rings. The lowest BCUT2D eigenvalue weighted by Gasteiger charge is -2.35. The van der Waals surface area contributed by atoms with Gasteiger partial charge in [0.2, 0.25) is 5.95 Å². The zero-order valence-electron chi connectivity index (χ0n) is 17.8. The van der Waals surface area contributed by atoms with Crippen molar-refractivity contribution < 1.29 is 0 Å². The molecule has 0 saturated carbocycles. The zero-order chi connectivity index (χ0) is 21.3. The highest BCUT2D eigenvalue weighted by molar-refractivity contribution is 6.36. The summed E-state index contributed by atoms with van der Waals surface area (Å²) in [7, 11) is 0. The summed E-state index contributed by atoms with van der Waals surface area (Å²) in [4.78, 5) is 25.0. The number of aryl methyl sites for hydroxylation is 2. The van der Waals surface area contributed by atoms with E-state index in [4.69, 9.17) is 16.6 Å². The van der Waals surface area contributed by atoms with E-state index < -0.39 is 0 Å². The molecule has 8 heteroatoms. The summed E-state index contributed by atoms with van der Waals surface area (Å²) in [5, 5.41) is 3.57. The van der Waals surface area contributed by atoms with Crippen molar-refractivity contribution in [3.8, 4) is 0 Å². The number of halogens is 1. The molecule has 0 aliphatic carbocycles. The van der Waals surface area contributed by atoms with Crippen LogP contribution in [0.25, 0.3) is 23.8 Å². The maximum Gasteiger partial charge on any atom is 0.227 e. The number of aromatic amines is 2. The lowest BCUT2D eigenvalue weighted by Crippen LogP contribution is -2.48. The summed E-state index contributed by atoms with van der Waals surface area (Å²) >= 11 is 6.39. The molecule has 0 spiro atoms. The molecule has 0 atom stereocenters. The average Bonchev–Trinajstić information content (AvgIpc) is 3.30. The number of rotatable bonds is 4. The number of hydrogen-bond acceptors (Lipinski definition) is 4. The van der Waals surface area contributed by atoms with Crippen molar-refractivity contribution in [3.05, 3.63) is 39.2 Å². The molecule has 3 aromatic heterocycles. The van der Waals surface area contributed by atoms with E-state index >= 15 is 0 Å². The molecular weight excluding hydrogens is 398 g/mol. The van der Waals surface area contributed by atoms with Crippen LogP contribution in [0.1, 0.15) is 32.2 Å². The van der Waals surface area contributed by atoms with E-state index in [1.54, 1.807) is 0 Å². The van der Waals surface area contributed by atoms with Gasteiger partial charge in [-0.2, -0.15) is 4.98 Å². The van der Waals surface area contributed by atoms with Crippen LogP contribution in [0.2, 0.25) is 5.02 Å². The number of anilines is 1. The first-order valence-electron chi connectivity index (χ1n) is 10.4. The molecule has 1 fully saturated rings. The minimum atomic E-state index is 0.728. The molecule has 0 unspecified atom stereocenters. The molecule has 30 heavy (non-hydrogen) atoms. The van der Waals surface area contributed by atoms with Gasteiger partial charge < -0.3 is 19.8 Å². The van der Waals surface area contributed by atoms with Crippen molar-refractivity contribution in [2.24, 2.45) is 4.99 Å². The van der Waals surface area contributed by atoms with Gasteiger partial charge in [-0.1, -0.05) is 32.0 Å². The van der Waals surface area contributed by atoms with E-state index in [0.717, 1.165) is 83.1 Å². The Morgan fingerprint density at radius 3 is 2.67 bits per heavy atom. The number of hydrogen-bond donors (Lipinski definition) is 2. The van der Waals surface area contributed by atoms with Crippen molar-refractivity contribution in [1.29, 1.82) is 0 Å². The molecule has 4 heterocycles. The molecule has 3 aromatic rings. The van der Waals surface area contributed by atoms with Crippen LogP contribution in [0.15, 0.2) is 17.3 Å². The van der Waals surface area contributed by atoms with E-state index in [9.17, 15) is 0 Å². The summed E-state index contributed by atoms with van der Waals surface area (Å²) in [5.41, 5.74) is 2.99. The monoisotopic (exact) mass is 425 g/mol. The fourth-order valence-electron chi connectivity index (χ4n) is 3.74. The lowest BCUT2D eigenvalue weighted by atomic mass is 10.3. The highest BCUT2D eigenvalue weighted by atomic mass is 35.5. The van der Waals surface area contributed by atoms with Crippen LogP contribution in [-0.4, -0.2) is 56.9 Å². The highest BCUT2D eigenvalue weighted by Crippen LogP contribution is 2.27. The molecule has 0 amide bonds. The zero-order valence-corrected chi connectivity index (χ0v) is 18.6. The van der Waals surface area contributed by atoms with Crippen LogP contribution in [0.3, 0.4) is 0 Å². The first-order chi connectivity index (χ1) is 14.5. The maximum atomic E-state index is 6.39. The number of aliphatic imine (C=N–C) groups is 1. The molecule has 158 valence electrons. The fraction of sp³-hybridized carbons (Fsp3) is 0.409. The summed E-state index contributed by atoms with van der Waals surface area (Å²) in [6, 6.07) is 2.11. The summed E-state index contributed by atoms with van der Waals surface area (Å²) < 4.78 is 0. The number of fused-ring (bicyclic) bond motifs is 1. The Balaban J connectivity index is 1.45. The van der Waals surface area contributed by atoms with Gasteiger partial charge in [-0.05, 0) is 25.8 Å². The van der Waals surface area contributed by atoms with E-state index in [0.29, 0.717) is 0 Å². The molecule has 2 N–H and O–H groups in total. The Morgan fingerprint density at radius 2 is 2.00 bits per heavy atom. The number of piperazine rings is 1. The van der Waals surface area contributed by atoms with Gasteiger partial charge in [0.25, 0.3) is 0 Å². The third kappa shape index (κ3) is 3.94. The molecule has 0 bridgehead atoms. The van der Waals surface area contributed by atoms with Crippen LogP contribution in [0, 0.1) is 0 Å². The van der Waals surface area contributed by atoms with E-state index in [1.807, 2.05) is 12.4 Å². The number of nitrogens with one attached hydrogen (secondary N) is 2. The Bertz CT molecular complexity index is 1180. The van der Waals surface area contributed by atoms with Crippen molar-refractivity contribution in [2.75, 3.05) is 31.1 Å². The molecule has 0 radical (unpaired) electrons. The summed E-state index contributed by atoms with van der Waals surface area (Å²) in [6.07, 6.45) is 5.53. The van der Waals surface area contributed by atoms with Crippen LogP contribution < -0.4 is 15.5 Å². The van der Waals surface area contributed by atoms with E-state index in [-0.39, 0.29) is 0 Å². The first kappa shape index (κ1) is 20.5. The van der Waals surface area contributed by atoms with Gasteiger partial charge in [-0.25, -0.2) is 9.98 Å². The Morgan fingerprint density at radius 1 is 1.23 bits per heavy atom. The molecule has 0 aromatic carbocycles. The summed E-state index contributed by atoms with van der Waals surface area (Å²) in [6.45, 7) is 13.7. The van der Waals surface area contributed by atoms with Crippen molar-refractivity contribution >= 4 is 47.2 Å². The van der Waals surface area contributed by atoms with Gasteiger partial charge >= 0.3 is 0 Å². The molecular formula is C22H28ClN7. The second-order valence-electron chi connectivity index (χ2n) is 7.56. The molecule has 7 nitrogen and oxygen atoms in total. The highest BCUT2D eigenvalue weighted by Gasteiger charge is 2.20. The number of amidine groups is 1. The SMILES string of the molecule is C=c1[nH]c(CC)c/c1=C/N=C(C)N1CCN(c2ncc3c(Cl)c(CC)[nH]c3n2)CC1. The van der Waals surface area contributed by atoms with Gasteiger partial charge in [-0.15, -0.1) is 0 Å². The topological polar surface area (TPSA) is 76.2 Å². The molecule has 1 aliphatic heterocycles. The second-order valence-corrected chi connectivity index (χ2v) is 7.94. The normalized spacial score (nSPS) is 16.1. The Hall–Kier alpha value is -2.80.